The molecule has 104 valence electrons. The minimum atomic E-state index is -0.374. The lowest BCUT2D eigenvalue weighted by Crippen LogP contribution is -2.40. The summed E-state index contributed by atoms with van der Waals surface area (Å²) in [5, 5.41) is 0. The average molecular weight is 266 g/mol. The summed E-state index contributed by atoms with van der Waals surface area (Å²) in [6.45, 7) is 3.94. The number of carbonyl (C=O) groups is 2. The van der Waals surface area contributed by atoms with Crippen molar-refractivity contribution in [3.63, 3.8) is 0 Å². The zero-order chi connectivity index (χ0) is 14.6. The Bertz CT molecular complexity index is 486. The summed E-state index contributed by atoms with van der Waals surface area (Å²) in [5.41, 5.74) is 0.996. The van der Waals surface area contributed by atoms with E-state index in [1.54, 1.807) is 27.9 Å². The highest BCUT2D eigenvalue weighted by Crippen LogP contribution is 2.13. The molecule has 19 heavy (non-hydrogen) atoms. The van der Waals surface area contributed by atoms with Gasteiger partial charge in [-0.1, -0.05) is 0 Å². The van der Waals surface area contributed by atoms with Crippen molar-refractivity contribution >= 4 is 11.8 Å². The maximum absolute atomic E-state index is 13.0. The summed E-state index contributed by atoms with van der Waals surface area (Å²) >= 11 is 0. The minimum Gasteiger partial charge on any atom is -0.347 e. The molecule has 0 spiro atoms. The number of likely N-dealkylation sites (N-methyl/N-ethyl adjacent to an activating group) is 2. The molecule has 0 fully saturated rings. The molecular weight excluding hydrogens is 247 g/mol. The zero-order valence-corrected chi connectivity index (χ0v) is 11.7. The van der Waals surface area contributed by atoms with Crippen LogP contribution in [0.3, 0.4) is 0 Å². The number of hydrogen-bond acceptors (Lipinski definition) is 2. The van der Waals surface area contributed by atoms with E-state index in [-0.39, 0.29) is 24.2 Å². The van der Waals surface area contributed by atoms with Crippen LogP contribution in [0.2, 0.25) is 0 Å². The maximum atomic E-state index is 13.0. The van der Waals surface area contributed by atoms with Crippen molar-refractivity contribution in [2.24, 2.45) is 0 Å². The van der Waals surface area contributed by atoms with Gasteiger partial charge in [0, 0.05) is 26.2 Å². The third-order valence-electron chi connectivity index (χ3n) is 2.91. The molecule has 0 atom stereocenters. The Kier molecular flexibility index (Phi) is 5.03. The fourth-order valence-electron chi connectivity index (χ4n) is 1.67. The lowest BCUT2D eigenvalue weighted by atomic mass is 10.1. The first-order chi connectivity index (χ1) is 8.86. The quantitative estimate of drug-likeness (QED) is 0.832. The summed E-state index contributed by atoms with van der Waals surface area (Å²) in [7, 11) is 3.29. The third-order valence-corrected chi connectivity index (χ3v) is 2.91. The Morgan fingerprint density at radius 2 is 1.89 bits per heavy atom. The molecule has 1 rings (SSSR count). The maximum Gasteiger partial charge on any atom is 0.254 e. The molecule has 0 saturated heterocycles. The second-order valence-electron chi connectivity index (χ2n) is 4.57. The highest BCUT2D eigenvalue weighted by atomic mass is 19.1. The molecule has 0 saturated carbocycles. The molecular formula is C14H19FN2O2. The van der Waals surface area contributed by atoms with Gasteiger partial charge in [0.2, 0.25) is 5.91 Å². The van der Waals surface area contributed by atoms with Crippen molar-refractivity contribution in [1.29, 1.82) is 0 Å². The molecule has 0 aliphatic heterocycles. The van der Waals surface area contributed by atoms with Crippen LogP contribution in [-0.4, -0.2) is 48.8 Å². The lowest BCUT2D eigenvalue weighted by Gasteiger charge is -2.23. The second-order valence-corrected chi connectivity index (χ2v) is 4.57. The van der Waals surface area contributed by atoms with Crippen molar-refractivity contribution < 1.29 is 14.0 Å². The van der Waals surface area contributed by atoms with Crippen molar-refractivity contribution in [3.05, 3.63) is 35.1 Å². The topological polar surface area (TPSA) is 40.6 Å². The SMILES string of the molecule is CCN(CC(=O)N(C)C)C(=O)c1ccc(F)cc1C. The van der Waals surface area contributed by atoms with E-state index in [1.165, 1.54) is 28.0 Å². The van der Waals surface area contributed by atoms with Crippen molar-refractivity contribution in [2.75, 3.05) is 27.2 Å². The van der Waals surface area contributed by atoms with E-state index in [0.29, 0.717) is 17.7 Å². The third kappa shape index (κ3) is 3.77. The number of hydrogen-bond donors (Lipinski definition) is 0. The predicted octanol–water partition coefficient (Wildman–Crippen LogP) is 1.68. The molecule has 0 aromatic heterocycles. The van der Waals surface area contributed by atoms with E-state index in [2.05, 4.69) is 0 Å². The van der Waals surface area contributed by atoms with Crippen molar-refractivity contribution in [2.45, 2.75) is 13.8 Å². The van der Waals surface area contributed by atoms with Crippen LogP contribution in [-0.2, 0) is 4.79 Å². The molecule has 4 nitrogen and oxygen atoms in total. The Hall–Kier alpha value is -1.91. The molecule has 0 bridgehead atoms. The van der Waals surface area contributed by atoms with Crippen LogP contribution in [0.25, 0.3) is 0 Å². The summed E-state index contributed by atoms with van der Waals surface area (Å²) in [5.74, 6) is -0.772. The first kappa shape index (κ1) is 15.1. The van der Waals surface area contributed by atoms with E-state index in [0.717, 1.165) is 0 Å². The van der Waals surface area contributed by atoms with Gasteiger partial charge in [0.05, 0.1) is 6.54 Å². The molecule has 0 radical (unpaired) electrons. The number of halogens is 1. The van der Waals surface area contributed by atoms with Crippen LogP contribution < -0.4 is 0 Å². The largest absolute Gasteiger partial charge is 0.347 e. The highest BCUT2D eigenvalue weighted by molar-refractivity contribution is 5.97. The molecule has 0 heterocycles. The van der Waals surface area contributed by atoms with Gasteiger partial charge >= 0.3 is 0 Å². The van der Waals surface area contributed by atoms with Gasteiger partial charge in [0.1, 0.15) is 5.82 Å². The van der Waals surface area contributed by atoms with E-state index in [4.69, 9.17) is 0 Å². The smallest absolute Gasteiger partial charge is 0.254 e. The molecule has 0 N–H and O–H groups in total. The van der Waals surface area contributed by atoms with E-state index >= 15 is 0 Å². The second kappa shape index (κ2) is 6.31. The van der Waals surface area contributed by atoms with E-state index < -0.39 is 0 Å². The Labute approximate surface area is 112 Å². The Morgan fingerprint density at radius 1 is 1.26 bits per heavy atom. The van der Waals surface area contributed by atoms with Crippen LogP contribution in [0.1, 0.15) is 22.8 Å². The van der Waals surface area contributed by atoms with Gasteiger partial charge in [-0.15, -0.1) is 0 Å². The normalized spacial score (nSPS) is 10.2. The van der Waals surface area contributed by atoms with E-state index in [9.17, 15) is 14.0 Å². The Morgan fingerprint density at radius 3 is 2.37 bits per heavy atom. The fraction of sp³-hybridized carbons (Fsp3) is 0.429. The summed E-state index contributed by atoms with van der Waals surface area (Å²) in [4.78, 5) is 26.8. The molecule has 0 unspecified atom stereocenters. The first-order valence-corrected chi connectivity index (χ1v) is 6.12. The molecule has 2 amide bonds. The molecule has 0 aliphatic rings. The van der Waals surface area contributed by atoms with Gasteiger partial charge in [-0.3, -0.25) is 9.59 Å². The van der Waals surface area contributed by atoms with Gasteiger partial charge in [-0.2, -0.15) is 0 Å². The van der Waals surface area contributed by atoms with Gasteiger partial charge in [-0.25, -0.2) is 4.39 Å². The number of benzene rings is 1. The van der Waals surface area contributed by atoms with Gasteiger partial charge in [0.25, 0.3) is 5.91 Å². The number of aryl methyl sites for hydroxylation is 1. The zero-order valence-electron chi connectivity index (χ0n) is 11.7. The van der Waals surface area contributed by atoms with Crippen molar-refractivity contribution in [1.82, 2.24) is 9.80 Å². The predicted molar refractivity (Wildman–Crippen MR) is 71.4 cm³/mol. The Balaban J connectivity index is 2.92. The molecule has 5 heteroatoms. The number of rotatable bonds is 4. The standard InChI is InChI=1S/C14H19FN2O2/c1-5-17(9-13(18)16(3)4)14(19)12-7-6-11(15)8-10(12)2/h6-8H,5,9H2,1-4H3. The van der Waals surface area contributed by atoms with Crippen LogP contribution in [0, 0.1) is 12.7 Å². The van der Waals surface area contributed by atoms with Gasteiger partial charge in [0.15, 0.2) is 0 Å². The average Bonchev–Trinajstić information content (AvgIpc) is 2.34. The monoisotopic (exact) mass is 266 g/mol. The number of carbonyl (C=O) groups excluding carboxylic acids is 2. The van der Waals surface area contributed by atoms with Gasteiger partial charge in [-0.05, 0) is 37.6 Å². The lowest BCUT2D eigenvalue weighted by molar-refractivity contribution is -0.129. The summed E-state index contributed by atoms with van der Waals surface area (Å²) < 4.78 is 13.0. The number of nitrogens with zero attached hydrogens (tertiary/aromatic N) is 2. The first-order valence-electron chi connectivity index (χ1n) is 6.12. The molecule has 1 aromatic rings. The van der Waals surface area contributed by atoms with Crippen molar-refractivity contribution in [3.8, 4) is 0 Å². The fourth-order valence-corrected chi connectivity index (χ4v) is 1.67. The summed E-state index contributed by atoms with van der Waals surface area (Å²) in [6, 6.07) is 4.02. The summed E-state index contributed by atoms with van der Waals surface area (Å²) in [6.07, 6.45) is 0. The van der Waals surface area contributed by atoms with Crippen LogP contribution in [0.15, 0.2) is 18.2 Å². The highest BCUT2D eigenvalue weighted by Gasteiger charge is 2.19. The van der Waals surface area contributed by atoms with Crippen LogP contribution >= 0.6 is 0 Å². The van der Waals surface area contributed by atoms with E-state index in [1.807, 2.05) is 0 Å². The van der Waals surface area contributed by atoms with Crippen LogP contribution in [0.5, 0.6) is 0 Å². The molecule has 1 aromatic carbocycles. The number of amides is 2. The van der Waals surface area contributed by atoms with Crippen LogP contribution in [0.4, 0.5) is 4.39 Å². The van der Waals surface area contributed by atoms with Gasteiger partial charge < -0.3 is 9.80 Å². The minimum absolute atomic E-state index is 0.0269. The molecule has 0 aliphatic carbocycles.